The van der Waals surface area contributed by atoms with Crippen molar-refractivity contribution in [3.63, 3.8) is 0 Å². The number of aliphatic hydroxyl groups is 1. The van der Waals surface area contributed by atoms with Gasteiger partial charge in [-0.25, -0.2) is 4.68 Å². The molecule has 0 amide bonds. The molecule has 0 spiro atoms. The molecule has 2 rings (SSSR count). The second-order valence-corrected chi connectivity index (χ2v) is 4.50. The number of hydrogen-bond acceptors (Lipinski definition) is 4. The first-order valence-electron chi connectivity index (χ1n) is 6.36. The minimum Gasteiger partial charge on any atom is -0.394 e. The van der Waals surface area contributed by atoms with Crippen LogP contribution < -0.4 is 5.32 Å². The highest BCUT2D eigenvalue weighted by atomic mass is 19.4. The monoisotopic (exact) mass is 300 g/mol. The first-order chi connectivity index (χ1) is 9.99. The van der Waals surface area contributed by atoms with Crippen LogP contribution in [-0.2, 0) is 25.8 Å². The number of nitrogens with one attached hydrogen (secondary N) is 1. The molecule has 1 heterocycles. The van der Waals surface area contributed by atoms with E-state index in [9.17, 15) is 13.2 Å². The lowest BCUT2D eigenvalue weighted by Crippen LogP contribution is -2.14. The number of alkyl halides is 3. The highest BCUT2D eigenvalue weighted by Crippen LogP contribution is 2.29. The lowest BCUT2D eigenvalue weighted by Gasteiger charge is -2.09. The van der Waals surface area contributed by atoms with Gasteiger partial charge in [0, 0.05) is 19.3 Å². The molecule has 1 aromatic carbocycles. The largest absolute Gasteiger partial charge is 0.416 e. The van der Waals surface area contributed by atoms with Gasteiger partial charge in [-0.15, -0.1) is 5.10 Å². The zero-order chi connectivity index (χ0) is 15.3. The Morgan fingerprint density at radius 1 is 1.24 bits per heavy atom. The molecule has 0 aliphatic carbocycles. The number of halogens is 3. The molecule has 0 radical (unpaired) electrons. The summed E-state index contributed by atoms with van der Waals surface area (Å²) in [7, 11) is 0. The molecule has 114 valence electrons. The maximum atomic E-state index is 12.6. The summed E-state index contributed by atoms with van der Waals surface area (Å²) in [6, 6.07) is 5.18. The molecular weight excluding hydrogens is 285 g/mol. The van der Waals surface area contributed by atoms with Crippen LogP contribution in [0.3, 0.4) is 0 Å². The SMILES string of the molecule is OCCn1cc(CNCc2cccc(C(F)(F)F)c2)nn1. The molecule has 5 nitrogen and oxygen atoms in total. The van der Waals surface area contributed by atoms with Crippen LogP contribution in [0.15, 0.2) is 30.5 Å². The topological polar surface area (TPSA) is 63.0 Å². The average Bonchev–Trinajstić information content (AvgIpc) is 2.86. The minimum absolute atomic E-state index is 0.0273. The number of aliphatic hydroxyl groups excluding tert-OH is 1. The van der Waals surface area contributed by atoms with Crippen LogP contribution in [0.4, 0.5) is 13.2 Å². The smallest absolute Gasteiger partial charge is 0.394 e. The Bertz CT molecular complexity index is 583. The molecule has 0 atom stereocenters. The molecule has 0 bridgehead atoms. The second-order valence-electron chi connectivity index (χ2n) is 4.50. The Morgan fingerprint density at radius 3 is 2.76 bits per heavy atom. The maximum Gasteiger partial charge on any atom is 0.416 e. The molecule has 0 saturated heterocycles. The normalized spacial score (nSPS) is 11.8. The Labute approximate surface area is 119 Å². The van der Waals surface area contributed by atoms with Crippen molar-refractivity contribution in [2.24, 2.45) is 0 Å². The molecule has 0 unspecified atom stereocenters. The molecule has 1 aromatic heterocycles. The van der Waals surface area contributed by atoms with Crippen molar-refractivity contribution in [3.05, 3.63) is 47.3 Å². The van der Waals surface area contributed by atoms with Gasteiger partial charge in [0.25, 0.3) is 0 Å². The van der Waals surface area contributed by atoms with Gasteiger partial charge in [0.1, 0.15) is 0 Å². The third kappa shape index (κ3) is 4.54. The Morgan fingerprint density at radius 2 is 2.05 bits per heavy atom. The fourth-order valence-electron chi connectivity index (χ4n) is 1.82. The van der Waals surface area contributed by atoms with Gasteiger partial charge in [-0.2, -0.15) is 13.2 Å². The van der Waals surface area contributed by atoms with Crippen molar-refractivity contribution >= 4 is 0 Å². The van der Waals surface area contributed by atoms with Gasteiger partial charge in [-0.1, -0.05) is 23.4 Å². The van der Waals surface area contributed by atoms with Crippen molar-refractivity contribution in [2.75, 3.05) is 6.61 Å². The van der Waals surface area contributed by atoms with E-state index in [0.717, 1.165) is 12.1 Å². The first-order valence-corrected chi connectivity index (χ1v) is 6.36. The molecule has 0 fully saturated rings. The van der Waals surface area contributed by atoms with E-state index in [2.05, 4.69) is 15.6 Å². The quantitative estimate of drug-likeness (QED) is 0.850. The van der Waals surface area contributed by atoms with E-state index in [4.69, 9.17) is 5.11 Å². The predicted molar refractivity (Wildman–Crippen MR) is 69.1 cm³/mol. The number of benzene rings is 1. The lowest BCUT2D eigenvalue weighted by atomic mass is 10.1. The number of aromatic nitrogens is 3. The molecule has 0 aliphatic heterocycles. The summed E-state index contributed by atoms with van der Waals surface area (Å²) in [5.74, 6) is 0. The highest BCUT2D eigenvalue weighted by molar-refractivity contribution is 5.25. The summed E-state index contributed by atoms with van der Waals surface area (Å²) in [6.45, 7) is 1.03. The van der Waals surface area contributed by atoms with Crippen LogP contribution in [0.25, 0.3) is 0 Å². The van der Waals surface area contributed by atoms with Gasteiger partial charge in [0.05, 0.1) is 24.4 Å². The first kappa shape index (κ1) is 15.5. The van der Waals surface area contributed by atoms with Gasteiger partial charge >= 0.3 is 6.18 Å². The lowest BCUT2D eigenvalue weighted by molar-refractivity contribution is -0.137. The van der Waals surface area contributed by atoms with E-state index in [1.807, 2.05) is 0 Å². The predicted octanol–water partition coefficient (Wildman–Crippen LogP) is 1.58. The molecule has 2 N–H and O–H groups in total. The summed E-state index contributed by atoms with van der Waals surface area (Å²) < 4.78 is 39.2. The maximum absolute atomic E-state index is 12.6. The molecule has 8 heteroatoms. The van der Waals surface area contributed by atoms with E-state index < -0.39 is 11.7 Å². The van der Waals surface area contributed by atoms with E-state index in [1.54, 1.807) is 12.3 Å². The Balaban J connectivity index is 1.88. The molecule has 0 aliphatic rings. The zero-order valence-electron chi connectivity index (χ0n) is 11.1. The van der Waals surface area contributed by atoms with Gasteiger partial charge in [0.2, 0.25) is 0 Å². The van der Waals surface area contributed by atoms with Crippen LogP contribution >= 0.6 is 0 Å². The van der Waals surface area contributed by atoms with Crippen molar-refractivity contribution in [3.8, 4) is 0 Å². The summed E-state index contributed by atoms with van der Waals surface area (Å²) in [6.07, 6.45) is -2.65. The van der Waals surface area contributed by atoms with Crippen LogP contribution in [0, 0.1) is 0 Å². The van der Waals surface area contributed by atoms with Gasteiger partial charge in [-0.05, 0) is 11.6 Å². The fourth-order valence-corrected chi connectivity index (χ4v) is 1.82. The zero-order valence-corrected chi connectivity index (χ0v) is 11.1. The average molecular weight is 300 g/mol. The number of rotatable bonds is 6. The van der Waals surface area contributed by atoms with Crippen LogP contribution in [-0.4, -0.2) is 26.7 Å². The molecule has 21 heavy (non-hydrogen) atoms. The Kier molecular flexibility index (Phi) is 4.92. The molecular formula is C13H15F3N4O. The van der Waals surface area contributed by atoms with Crippen molar-refractivity contribution in [2.45, 2.75) is 25.8 Å². The van der Waals surface area contributed by atoms with Gasteiger partial charge < -0.3 is 10.4 Å². The summed E-state index contributed by atoms with van der Waals surface area (Å²) in [5.41, 5.74) is 0.554. The highest BCUT2D eigenvalue weighted by Gasteiger charge is 2.30. The van der Waals surface area contributed by atoms with E-state index in [1.165, 1.54) is 10.7 Å². The van der Waals surface area contributed by atoms with Crippen LogP contribution in [0.5, 0.6) is 0 Å². The third-order valence-electron chi connectivity index (χ3n) is 2.80. The van der Waals surface area contributed by atoms with E-state index in [-0.39, 0.29) is 6.61 Å². The summed E-state index contributed by atoms with van der Waals surface area (Å²) >= 11 is 0. The van der Waals surface area contributed by atoms with Crippen LogP contribution in [0.2, 0.25) is 0 Å². The Hall–Kier alpha value is -1.93. The summed E-state index contributed by atoms with van der Waals surface area (Å²) in [5, 5.41) is 19.4. The standard InChI is InChI=1S/C13H15F3N4O/c14-13(15,16)11-3-1-2-10(6-11)7-17-8-12-9-20(4-5-21)19-18-12/h1-3,6,9,17,21H,4-5,7-8H2. The fraction of sp³-hybridized carbons (Fsp3) is 0.385. The van der Waals surface area contributed by atoms with Gasteiger partial charge in [-0.3, -0.25) is 0 Å². The van der Waals surface area contributed by atoms with E-state index in [0.29, 0.717) is 30.9 Å². The second kappa shape index (κ2) is 6.68. The number of hydrogen-bond donors (Lipinski definition) is 2. The minimum atomic E-state index is -4.33. The van der Waals surface area contributed by atoms with Crippen molar-refractivity contribution < 1.29 is 18.3 Å². The number of nitrogens with zero attached hydrogens (tertiary/aromatic N) is 3. The third-order valence-corrected chi connectivity index (χ3v) is 2.80. The molecule has 2 aromatic rings. The summed E-state index contributed by atoms with van der Waals surface area (Å²) in [4.78, 5) is 0. The van der Waals surface area contributed by atoms with Crippen molar-refractivity contribution in [1.82, 2.24) is 20.3 Å². The van der Waals surface area contributed by atoms with E-state index >= 15 is 0 Å². The molecule has 0 saturated carbocycles. The van der Waals surface area contributed by atoms with Crippen molar-refractivity contribution in [1.29, 1.82) is 0 Å². The van der Waals surface area contributed by atoms with Crippen LogP contribution in [0.1, 0.15) is 16.8 Å². The van der Waals surface area contributed by atoms with Gasteiger partial charge in [0.15, 0.2) is 0 Å².